The molecule has 0 bridgehead atoms. The molecule has 15 heteroatoms. The zero-order chi connectivity index (χ0) is 28.0. The lowest BCUT2D eigenvalue weighted by Crippen LogP contribution is -2.36. The number of thiazole rings is 1. The van der Waals surface area contributed by atoms with Crippen LogP contribution in [-0.2, 0) is 20.9 Å². The molecule has 1 aliphatic carbocycles. The Morgan fingerprint density at radius 2 is 1.65 bits per heavy atom. The van der Waals surface area contributed by atoms with Crippen LogP contribution in [0, 0.1) is 24.2 Å². The number of hydrogen-bond donors (Lipinski definition) is 2. The van der Waals surface area contributed by atoms with Gasteiger partial charge in [-0.25, -0.2) is 14.6 Å². The van der Waals surface area contributed by atoms with Gasteiger partial charge in [0.15, 0.2) is 0 Å². The third-order valence-corrected chi connectivity index (χ3v) is 7.55. The fraction of sp³-hybridized carbons (Fsp3) is 0.773. The maximum atomic E-state index is 10.6. The van der Waals surface area contributed by atoms with Crippen LogP contribution in [0.2, 0.25) is 0 Å². The highest BCUT2D eigenvalue weighted by molar-refractivity contribution is 7.09. The number of nitrogens with zero attached hydrogens (tertiary/aromatic N) is 3. The van der Waals surface area contributed by atoms with E-state index in [-0.39, 0.29) is 0 Å². The molecule has 2 saturated heterocycles. The number of halogens is 6. The Morgan fingerprint density at radius 3 is 2.08 bits per heavy atom. The molecule has 0 aromatic carbocycles. The van der Waals surface area contributed by atoms with Crippen LogP contribution in [-0.4, -0.2) is 95.7 Å². The van der Waals surface area contributed by atoms with Gasteiger partial charge in [-0.3, -0.25) is 4.90 Å². The van der Waals surface area contributed by atoms with Crippen LogP contribution in [0.4, 0.5) is 26.3 Å². The number of methoxy groups -OCH3 is 1. The minimum Gasteiger partial charge on any atom is -0.475 e. The van der Waals surface area contributed by atoms with E-state index in [9.17, 15) is 26.3 Å². The summed E-state index contributed by atoms with van der Waals surface area (Å²) in [4.78, 5) is 29.0. The minimum atomic E-state index is -5.08. The first kappa shape index (κ1) is 31.2. The van der Waals surface area contributed by atoms with Crippen LogP contribution < -0.4 is 0 Å². The van der Waals surface area contributed by atoms with Gasteiger partial charge < -0.3 is 19.8 Å². The predicted molar refractivity (Wildman–Crippen MR) is 121 cm³/mol. The molecule has 212 valence electrons. The van der Waals surface area contributed by atoms with E-state index in [1.165, 1.54) is 62.6 Å². The van der Waals surface area contributed by atoms with Gasteiger partial charge in [0.05, 0.1) is 17.8 Å². The number of rotatable bonds is 6. The third kappa shape index (κ3) is 9.69. The zero-order valence-corrected chi connectivity index (χ0v) is 21.3. The van der Waals surface area contributed by atoms with E-state index in [0.29, 0.717) is 11.3 Å². The van der Waals surface area contributed by atoms with Crippen LogP contribution in [0.1, 0.15) is 29.8 Å². The van der Waals surface area contributed by atoms with Crippen molar-refractivity contribution in [1.29, 1.82) is 0 Å². The first-order valence-corrected chi connectivity index (χ1v) is 12.4. The van der Waals surface area contributed by atoms with Gasteiger partial charge in [0.25, 0.3) is 0 Å². The lowest BCUT2D eigenvalue weighted by molar-refractivity contribution is -0.193. The summed E-state index contributed by atoms with van der Waals surface area (Å²) in [6.45, 7) is 10.5. The van der Waals surface area contributed by atoms with Crippen LogP contribution in [0.15, 0.2) is 5.51 Å². The van der Waals surface area contributed by atoms with Crippen LogP contribution >= 0.6 is 11.3 Å². The molecular weight excluding hydrogens is 532 g/mol. The maximum absolute atomic E-state index is 10.6. The number of aromatic nitrogens is 1. The summed E-state index contributed by atoms with van der Waals surface area (Å²) in [5.74, 6) is -3.82. The monoisotopic (exact) mass is 563 g/mol. The van der Waals surface area contributed by atoms with E-state index in [4.69, 9.17) is 24.5 Å². The molecule has 2 atom stereocenters. The number of carboxylic acid groups (broad SMARTS) is 2. The van der Waals surface area contributed by atoms with E-state index in [2.05, 4.69) is 21.7 Å². The summed E-state index contributed by atoms with van der Waals surface area (Å²) in [6.07, 6.45) is -5.93. The number of carboxylic acids is 2. The number of likely N-dealkylation sites (tertiary alicyclic amines) is 2. The van der Waals surface area contributed by atoms with Gasteiger partial charge in [0, 0.05) is 56.0 Å². The van der Waals surface area contributed by atoms with Crippen LogP contribution in [0.3, 0.4) is 0 Å². The highest BCUT2D eigenvalue weighted by atomic mass is 32.1. The Hall–Kier alpha value is -1.97. The van der Waals surface area contributed by atoms with Crippen molar-refractivity contribution in [3.05, 3.63) is 16.1 Å². The van der Waals surface area contributed by atoms with Gasteiger partial charge in [-0.15, -0.1) is 11.3 Å². The number of carbonyl (C=O) groups is 2. The SMILES string of the molecule is COC[C@H]1CN(CC2CC2)C[C@@]12CCN(Cc1scnc1C)C2.O=C(O)C(F)(F)F.O=C(O)C(F)(F)F. The molecule has 1 aromatic rings. The summed E-state index contributed by atoms with van der Waals surface area (Å²) in [7, 11) is 1.87. The number of aryl methyl sites for hydroxylation is 1. The average molecular weight is 564 g/mol. The second-order valence-electron chi connectivity index (χ2n) is 9.58. The minimum absolute atomic E-state index is 0.462. The fourth-order valence-corrected chi connectivity index (χ4v) is 5.46. The quantitative estimate of drug-likeness (QED) is 0.503. The van der Waals surface area contributed by atoms with Gasteiger partial charge in [-0.05, 0) is 38.6 Å². The highest BCUT2D eigenvalue weighted by Gasteiger charge is 2.50. The Morgan fingerprint density at radius 1 is 1.11 bits per heavy atom. The standard InChI is InChI=1S/C18H29N3OS.2C2HF3O2/c1-14-17(23-13-19-14)9-20-6-5-18(11-20)12-21(7-15-3-4-15)8-16(18)10-22-2;2*3-2(4,5)1(6)7/h13,15-16H,3-12H2,1-2H3;2*(H,6,7)/t16-,18+;;/m1../s1. The summed E-state index contributed by atoms with van der Waals surface area (Å²) >= 11 is 1.81. The first-order chi connectivity index (χ1) is 17.1. The summed E-state index contributed by atoms with van der Waals surface area (Å²) in [5, 5.41) is 14.2. The topological polar surface area (TPSA) is 103 Å². The highest BCUT2D eigenvalue weighted by Crippen LogP contribution is 2.45. The number of aliphatic carboxylic acids is 2. The lowest BCUT2D eigenvalue weighted by Gasteiger charge is -2.30. The van der Waals surface area contributed by atoms with Crippen molar-refractivity contribution in [1.82, 2.24) is 14.8 Å². The molecule has 4 rings (SSSR count). The number of ether oxygens (including phenoxy) is 1. The predicted octanol–water partition coefficient (Wildman–Crippen LogP) is 3.90. The molecule has 3 fully saturated rings. The van der Waals surface area contributed by atoms with Crippen molar-refractivity contribution in [2.45, 2.75) is 45.1 Å². The molecule has 3 heterocycles. The molecule has 2 aliphatic heterocycles. The Balaban J connectivity index is 0.000000286. The average Bonchev–Trinajstić information content (AvgIpc) is 3.20. The Kier molecular flexibility index (Phi) is 10.7. The van der Waals surface area contributed by atoms with E-state index in [1.54, 1.807) is 0 Å². The van der Waals surface area contributed by atoms with Crippen LogP contribution in [0.5, 0.6) is 0 Å². The molecule has 1 spiro atoms. The smallest absolute Gasteiger partial charge is 0.475 e. The van der Waals surface area contributed by atoms with Gasteiger partial charge in [-0.2, -0.15) is 26.3 Å². The first-order valence-electron chi connectivity index (χ1n) is 11.5. The van der Waals surface area contributed by atoms with Crippen molar-refractivity contribution in [3.63, 3.8) is 0 Å². The molecule has 0 unspecified atom stereocenters. The van der Waals surface area contributed by atoms with E-state index in [1.807, 2.05) is 24.0 Å². The van der Waals surface area contributed by atoms with Gasteiger partial charge in [0.1, 0.15) is 0 Å². The zero-order valence-electron chi connectivity index (χ0n) is 20.4. The van der Waals surface area contributed by atoms with Gasteiger partial charge >= 0.3 is 24.3 Å². The molecule has 1 saturated carbocycles. The molecule has 0 radical (unpaired) electrons. The van der Waals surface area contributed by atoms with Crippen molar-refractivity contribution < 1.29 is 50.9 Å². The van der Waals surface area contributed by atoms with E-state index >= 15 is 0 Å². The van der Waals surface area contributed by atoms with E-state index < -0.39 is 24.3 Å². The lowest BCUT2D eigenvalue weighted by atomic mass is 9.77. The summed E-state index contributed by atoms with van der Waals surface area (Å²) < 4.78 is 69.1. The van der Waals surface area contributed by atoms with Crippen molar-refractivity contribution in [2.24, 2.45) is 17.3 Å². The van der Waals surface area contributed by atoms with E-state index in [0.717, 1.165) is 19.1 Å². The molecular formula is C22H31F6N3O5S. The van der Waals surface area contributed by atoms with Gasteiger partial charge in [-0.1, -0.05) is 0 Å². The normalized spacial score (nSPS) is 24.4. The largest absolute Gasteiger partial charge is 0.490 e. The fourth-order valence-electron chi connectivity index (χ4n) is 4.64. The maximum Gasteiger partial charge on any atom is 0.490 e. The van der Waals surface area contributed by atoms with Crippen molar-refractivity contribution >= 4 is 23.3 Å². The summed E-state index contributed by atoms with van der Waals surface area (Å²) in [5.41, 5.74) is 3.66. The second-order valence-corrected chi connectivity index (χ2v) is 10.5. The Labute approximate surface area is 214 Å². The third-order valence-electron chi connectivity index (χ3n) is 6.63. The Bertz CT molecular complexity index is 884. The summed E-state index contributed by atoms with van der Waals surface area (Å²) in [6, 6.07) is 0. The molecule has 1 aromatic heterocycles. The number of alkyl halides is 6. The van der Waals surface area contributed by atoms with Gasteiger partial charge in [0.2, 0.25) is 0 Å². The number of hydrogen-bond acceptors (Lipinski definition) is 7. The van der Waals surface area contributed by atoms with Crippen LogP contribution in [0.25, 0.3) is 0 Å². The van der Waals surface area contributed by atoms with Crippen molar-refractivity contribution in [2.75, 3.05) is 46.4 Å². The molecule has 8 nitrogen and oxygen atoms in total. The second kappa shape index (κ2) is 12.7. The molecule has 37 heavy (non-hydrogen) atoms. The molecule has 3 aliphatic rings. The molecule has 2 N–H and O–H groups in total. The molecule has 0 amide bonds. The van der Waals surface area contributed by atoms with Crippen molar-refractivity contribution in [3.8, 4) is 0 Å².